The predicted octanol–water partition coefficient (Wildman–Crippen LogP) is 0.253. The molecule has 12 heteroatoms. The molecule has 2 amide bonds. The number of rotatable bonds is 15. The molecule has 0 aromatic heterocycles. The van der Waals surface area contributed by atoms with Crippen LogP contribution in [0.5, 0.6) is 0 Å². The Morgan fingerprint density at radius 2 is 1.03 bits per heavy atom. The minimum absolute atomic E-state index is 0.00723. The van der Waals surface area contributed by atoms with Crippen molar-refractivity contribution in [3.8, 4) is 0 Å². The number of carboxylic acid groups (broad SMARTS) is 2. The van der Waals surface area contributed by atoms with Gasteiger partial charge in [0.15, 0.2) is 0 Å². The average Bonchev–Trinajstić information content (AvgIpc) is 2.60. The lowest BCUT2D eigenvalue weighted by atomic mass is 10.0. The molecule has 0 aliphatic carbocycles. The Hall–Kier alpha value is -1.50. The van der Waals surface area contributed by atoms with Gasteiger partial charge in [-0.1, -0.05) is 49.3 Å². The van der Waals surface area contributed by atoms with E-state index in [1.807, 2.05) is 27.7 Å². The van der Waals surface area contributed by atoms with Gasteiger partial charge in [-0.3, -0.25) is 9.59 Å². The first-order valence-electron chi connectivity index (χ1n) is 9.67. The van der Waals surface area contributed by atoms with Crippen molar-refractivity contribution in [3.63, 3.8) is 0 Å². The molecule has 4 atom stereocenters. The van der Waals surface area contributed by atoms with Crippen LogP contribution < -0.4 is 22.1 Å². The van der Waals surface area contributed by atoms with E-state index in [-0.39, 0.29) is 23.3 Å². The van der Waals surface area contributed by atoms with Crippen LogP contribution in [-0.4, -0.2) is 69.6 Å². The van der Waals surface area contributed by atoms with Gasteiger partial charge in [0.25, 0.3) is 0 Å². The van der Waals surface area contributed by atoms with Crippen molar-refractivity contribution in [2.75, 3.05) is 11.5 Å². The fourth-order valence-electron chi connectivity index (χ4n) is 2.37. The fourth-order valence-corrected chi connectivity index (χ4v) is 4.68. The topological polar surface area (TPSA) is 185 Å². The third-order valence-electron chi connectivity index (χ3n) is 3.91. The van der Waals surface area contributed by atoms with Crippen molar-refractivity contribution in [2.45, 2.75) is 64.7 Å². The summed E-state index contributed by atoms with van der Waals surface area (Å²) >= 11 is 0. The van der Waals surface area contributed by atoms with Crippen molar-refractivity contribution in [1.82, 2.24) is 10.6 Å². The maximum atomic E-state index is 12.0. The van der Waals surface area contributed by atoms with Crippen LogP contribution in [0, 0.1) is 11.8 Å². The first-order valence-corrected chi connectivity index (χ1v) is 12.2. The van der Waals surface area contributed by atoms with Crippen LogP contribution in [0.1, 0.15) is 40.5 Å². The van der Waals surface area contributed by atoms with Crippen LogP contribution in [0.4, 0.5) is 0 Å². The molecule has 1 unspecified atom stereocenters. The highest BCUT2D eigenvalue weighted by Gasteiger charge is 2.26. The highest BCUT2D eigenvalue weighted by Crippen LogP contribution is 2.23. The summed E-state index contributed by atoms with van der Waals surface area (Å²) in [4.78, 5) is 46.8. The Morgan fingerprint density at radius 3 is 1.27 bits per heavy atom. The molecular formula is C18H34N4O6S2. The Balaban J connectivity index is 4.58. The third-order valence-corrected chi connectivity index (χ3v) is 6.33. The molecule has 174 valence electrons. The number of carbonyl (C=O) groups excluding carboxylic acids is 2. The van der Waals surface area contributed by atoms with Crippen molar-refractivity contribution in [3.05, 3.63) is 0 Å². The molecule has 0 bridgehead atoms. The number of hydrogen-bond donors (Lipinski definition) is 6. The summed E-state index contributed by atoms with van der Waals surface area (Å²) in [7, 11) is 2.17. The van der Waals surface area contributed by atoms with Gasteiger partial charge in [-0.15, -0.1) is 0 Å². The fraction of sp³-hybridized carbons (Fsp3) is 0.778. The van der Waals surface area contributed by atoms with E-state index in [4.69, 9.17) is 11.5 Å². The van der Waals surface area contributed by atoms with Gasteiger partial charge < -0.3 is 32.3 Å². The standard InChI is InChI=1S/C18H34N4O6S2/c1-9(2)5-11(19)15(23)21-13(17(25)26)7-29-30-8-14(18(27)28)22-16(24)12(20)6-10(3)4/h9-14H,5-8,19-20H2,1-4H3,(H,21,23)(H,22,24)(H,25,26)(H,27,28)/t11-,12-,13-,14?/m0/s1. The van der Waals surface area contributed by atoms with Crippen LogP contribution in [0.25, 0.3) is 0 Å². The number of amides is 2. The van der Waals surface area contributed by atoms with Gasteiger partial charge in [0.1, 0.15) is 12.1 Å². The molecule has 8 N–H and O–H groups in total. The molecule has 0 aliphatic heterocycles. The molecule has 0 aliphatic rings. The number of carboxylic acids is 2. The molecule has 10 nitrogen and oxygen atoms in total. The van der Waals surface area contributed by atoms with Gasteiger partial charge >= 0.3 is 11.9 Å². The lowest BCUT2D eigenvalue weighted by molar-refractivity contribution is -0.141. The normalized spacial score (nSPS) is 15.3. The molecule has 0 aromatic carbocycles. The van der Waals surface area contributed by atoms with Gasteiger partial charge in [0, 0.05) is 11.5 Å². The zero-order valence-corrected chi connectivity index (χ0v) is 19.4. The molecule has 0 radical (unpaired) electrons. The van der Waals surface area contributed by atoms with E-state index in [1.165, 1.54) is 0 Å². The van der Waals surface area contributed by atoms with Crippen molar-refractivity contribution >= 4 is 45.3 Å². The van der Waals surface area contributed by atoms with Gasteiger partial charge in [0.05, 0.1) is 12.1 Å². The summed E-state index contributed by atoms with van der Waals surface area (Å²) in [6.45, 7) is 7.62. The summed E-state index contributed by atoms with van der Waals surface area (Å²) in [6.07, 6.45) is 0.859. The van der Waals surface area contributed by atoms with E-state index in [0.29, 0.717) is 12.8 Å². The Kier molecular flexibility index (Phi) is 13.8. The quantitative estimate of drug-likeness (QED) is 0.144. The Labute approximate surface area is 185 Å². The molecular weight excluding hydrogens is 432 g/mol. The second-order valence-electron chi connectivity index (χ2n) is 7.84. The summed E-state index contributed by atoms with van der Waals surface area (Å²) in [5, 5.41) is 23.4. The third kappa shape index (κ3) is 12.3. The van der Waals surface area contributed by atoms with Crippen LogP contribution in [0.3, 0.4) is 0 Å². The summed E-state index contributed by atoms with van der Waals surface area (Å²) in [6, 6.07) is -3.92. The van der Waals surface area contributed by atoms with E-state index in [1.54, 1.807) is 0 Å². The van der Waals surface area contributed by atoms with E-state index in [0.717, 1.165) is 21.6 Å². The second-order valence-corrected chi connectivity index (χ2v) is 10.4. The van der Waals surface area contributed by atoms with Crippen LogP contribution >= 0.6 is 21.6 Å². The zero-order valence-electron chi connectivity index (χ0n) is 17.8. The average molecular weight is 467 g/mol. The minimum atomic E-state index is -1.21. The molecule has 0 spiro atoms. The number of hydrogen-bond acceptors (Lipinski definition) is 8. The molecule has 0 saturated carbocycles. The monoisotopic (exact) mass is 466 g/mol. The number of nitrogens with one attached hydrogen (secondary N) is 2. The molecule has 0 fully saturated rings. The van der Waals surface area contributed by atoms with Gasteiger partial charge in [0.2, 0.25) is 11.8 Å². The maximum Gasteiger partial charge on any atom is 0.327 e. The first-order chi connectivity index (χ1) is 13.8. The Morgan fingerprint density at radius 1 is 0.733 bits per heavy atom. The maximum absolute atomic E-state index is 12.0. The SMILES string of the molecule is CC(C)C[C@H](N)C(=O)NC(CSSC[C@H](NC(=O)[C@@H](N)CC(C)C)C(=O)O)C(=O)O. The van der Waals surface area contributed by atoms with Crippen molar-refractivity contribution in [1.29, 1.82) is 0 Å². The van der Waals surface area contributed by atoms with E-state index in [9.17, 15) is 29.4 Å². The summed E-state index contributed by atoms with van der Waals surface area (Å²) in [5.41, 5.74) is 11.5. The zero-order chi connectivity index (χ0) is 23.4. The molecule has 30 heavy (non-hydrogen) atoms. The number of nitrogens with two attached hydrogens (primary N) is 2. The molecule has 0 heterocycles. The van der Waals surface area contributed by atoms with Crippen molar-refractivity contribution < 1.29 is 29.4 Å². The molecule has 0 rings (SSSR count). The Bertz CT molecular complexity index is 541. The van der Waals surface area contributed by atoms with E-state index in [2.05, 4.69) is 10.6 Å². The number of carbonyl (C=O) groups is 4. The van der Waals surface area contributed by atoms with Gasteiger partial charge in [-0.05, 0) is 24.7 Å². The summed E-state index contributed by atoms with van der Waals surface area (Å²) < 4.78 is 0. The predicted molar refractivity (Wildman–Crippen MR) is 119 cm³/mol. The smallest absolute Gasteiger partial charge is 0.327 e. The van der Waals surface area contributed by atoms with Gasteiger partial charge in [-0.2, -0.15) is 0 Å². The number of aliphatic carboxylic acids is 2. The van der Waals surface area contributed by atoms with E-state index >= 15 is 0 Å². The second kappa shape index (κ2) is 14.5. The van der Waals surface area contributed by atoms with Crippen LogP contribution in [-0.2, 0) is 19.2 Å². The van der Waals surface area contributed by atoms with Crippen LogP contribution in [0.2, 0.25) is 0 Å². The largest absolute Gasteiger partial charge is 0.480 e. The highest BCUT2D eigenvalue weighted by molar-refractivity contribution is 8.76. The summed E-state index contributed by atoms with van der Waals surface area (Å²) in [5.74, 6) is -3.12. The van der Waals surface area contributed by atoms with Gasteiger partial charge in [-0.25, -0.2) is 9.59 Å². The molecule has 0 aromatic rings. The first kappa shape index (κ1) is 28.5. The minimum Gasteiger partial charge on any atom is -0.480 e. The van der Waals surface area contributed by atoms with Crippen LogP contribution in [0.15, 0.2) is 0 Å². The highest BCUT2D eigenvalue weighted by atomic mass is 33.1. The lowest BCUT2D eigenvalue weighted by Crippen LogP contribution is -2.50. The molecule has 0 saturated heterocycles. The lowest BCUT2D eigenvalue weighted by Gasteiger charge is -2.20. The van der Waals surface area contributed by atoms with E-state index < -0.39 is 47.9 Å². The van der Waals surface area contributed by atoms with Crippen molar-refractivity contribution in [2.24, 2.45) is 23.3 Å².